The minimum absolute atomic E-state index is 0.0825. The van der Waals surface area contributed by atoms with Crippen molar-refractivity contribution in [1.82, 2.24) is 14.6 Å². The van der Waals surface area contributed by atoms with Crippen LogP contribution in [0.3, 0.4) is 0 Å². The smallest absolute Gasteiger partial charge is 0.254 e. The van der Waals surface area contributed by atoms with Crippen LogP contribution in [0.25, 0.3) is 0 Å². The number of thiophene rings is 1. The van der Waals surface area contributed by atoms with E-state index in [1.807, 2.05) is 35.7 Å². The van der Waals surface area contributed by atoms with E-state index in [4.69, 9.17) is 0 Å². The van der Waals surface area contributed by atoms with Gasteiger partial charge in [0.2, 0.25) is 10.0 Å². The Balaban J connectivity index is 1.54. The van der Waals surface area contributed by atoms with Gasteiger partial charge in [-0.3, -0.25) is 9.78 Å². The number of hydrogen-bond acceptors (Lipinski definition) is 5. The number of carbonyl (C=O) groups is 1. The van der Waals surface area contributed by atoms with Gasteiger partial charge in [0.1, 0.15) is 0 Å². The zero-order valence-electron chi connectivity index (χ0n) is 15.7. The third kappa shape index (κ3) is 4.39. The molecule has 8 heteroatoms. The van der Waals surface area contributed by atoms with Gasteiger partial charge in [-0.1, -0.05) is 18.2 Å². The van der Waals surface area contributed by atoms with Gasteiger partial charge in [-0.05, 0) is 54.6 Å². The number of nitrogens with one attached hydrogen (secondary N) is 1. The fourth-order valence-corrected chi connectivity index (χ4v) is 5.30. The van der Waals surface area contributed by atoms with E-state index >= 15 is 0 Å². The van der Waals surface area contributed by atoms with Crippen LogP contribution in [-0.4, -0.2) is 30.8 Å². The molecule has 4 rings (SSSR count). The maximum Gasteiger partial charge on any atom is 0.254 e. The number of aromatic nitrogens is 1. The number of amides is 1. The second-order valence-corrected chi connectivity index (χ2v) is 9.64. The average Bonchev–Trinajstić information content (AvgIpc) is 3.44. The lowest BCUT2D eigenvalue weighted by Crippen LogP contribution is -2.31. The first kappa shape index (κ1) is 19.8. The first-order chi connectivity index (χ1) is 14.0. The van der Waals surface area contributed by atoms with E-state index in [0.717, 1.165) is 23.4 Å². The molecular formula is C21H21N3O3S2. The Labute approximate surface area is 174 Å². The second-order valence-electron chi connectivity index (χ2n) is 6.84. The summed E-state index contributed by atoms with van der Waals surface area (Å²) >= 11 is 1.49. The molecule has 0 aliphatic carbocycles. The second kappa shape index (κ2) is 8.44. The SMILES string of the molecule is O=C(c1cccc(S(=O)(=O)NCc2cccs2)c1)N1CCCC1c1ccccn1. The molecule has 6 nitrogen and oxygen atoms in total. The van der Waals surface area contributed by atoms with E-state index in [1.165, 1.54) is 23.5 Å². The van der Waals surface area contributed by atoms with Crippen molar-refractivity contribution in [1.29, 1.82) is 0 Å². The number of benzene rings is 1. The van der Waals surface area contributed by atoms with Crippen molar-refractivity contribution in [2.75, 3.05) is 6.54 Å². The summed E-state index contributed by atoms with van der Waals surface area (Å²) in [5.41, 5.74) is 1.23. The van der Waals surface area contributed by atoms with Gasteiger partial charge in [0.05, 0.1) is 16.6 Å². The van der Waals surface area contributed by atoms with E-state index in [-0.39, 0.29) is 23.4 Å². The zero-order valence-corrected chi connectivity index (χ0v) is 17.3. The molecule has 1 aromatic carbocycles. The number of likely N-dealkylation sites (tertiary alicyclic amines) is 1. The highest BCUT2D eigenvalue weighted by atomic mass is 32.2. The van der Waals surface area contributed by atoms with Crippen molar-refractivity contribution in [2.45, 2.75) is 30.3 Å². The van der Waals surface area contributed by atoms with Crippen LogP contribution in [0.5, 0.6) is 0 Å². The largest absolute Gasteiger partial charge is 0.330 e. The maximum absolute atomic E-state index is 13.1. The zero-order chi connectivity index (χ0) is 20.3. The highest BCUT2D eigenvalue weighted by Crippen LogP contribution is 2.32. The van der Waals surface area contributed by atoms with Gasteiger partial charge in [-0.15, -0.1) is 11.3 Å². The molecule has 3 aromatic rings. The van der Waals surface area contributed by atoms with Gasteiger partial charge in [-0.25, -0.2) is 13.1 Å². The molecule has 0 spiro atoms. The molecule has 1 fully saturated rings. The molecule has 0 saturated carbocycles. The molecule has 1 aliphatic rings. The van der Waals surface area contributed by atoms with E-state index in [0.29, 0.717) is 12.1 Å². The van der Waals surface area contributed by atoms with Crippen molar-refractivity contribution in [3.05, 3.63) is 82.3 Å². The monoisotopic (exact) mass is 427 g/mol. The van der Waals surface area contributed by atoms with Crippen molar-refractivity contribution in [3.63, 3.8) is 0 Å². The molecule has 3 heterocycles. The van der Waals surface area contributed by atoms with Gasteiger partial charge < -0.3 is 4.90 Å². The summed E-state index contributed by atoms with van der Waals surface area (Å²) in [6.45, 7) is 0.861. The molecule has 150 valence electrons. The lowest BCUT2D eigenvalue weighted by molar-refractivity contribution is 0.0732. The van der Waals surface area contributed by atoms with Crippen molar-refractivity contribution in [3.8, 4) is 0 Å². The Hall–Kier alpha value is -2.55. The molecular weight excluding hydrogens is 406 g/mol. The number of carbonyl (C=O) groups excluding carboxylic acids is 1. The van der Waals surface area contributed by atoms with Crippen molar-refractivity contribution in [2.24, 2.45) is 0 Å². The maximum atomic E-state index is 13.1. The van der Waals surface area contributed by atoms with Crippen molar-refractivity contribution < 1.29 is 13.2 Å². The van der Waals surface area contributed by atoms with Gasteiger partial charge in [0.25, 0.3) is 5.91 Å². The van der Waals surface area contributed by atoms with E-state index in [1.54, 1.807) is 23.2 Å². The summed E-state index contributed by atoms with van der Waals surface area (Å²) in [6.07, 6.45) is 3.47. The molecule has 2 aromatic heterocycles. The van der Waals surface area contributed by atoms with Crippen LogP contribution >= 0.6 is 11.3 Å². The van der Waals surface area contributed by atoms with Crippen molar-refractivity contribution >= 4 is 27.3 Å². The predicted molar refractivity (Wildman–Crippen MR) is 112 cm³/mol. The standard InChI is InChI=1S/C21H21N3O3S2/c25-21(24-12-4-10-20(24)19-9-1-2-11-22-19)16-6-3-8-18(14-16)29(26,27)23-15-17-7-5-13-28-17/h1-3,5-9,11,13-14,20,23H,4,10,12,15H2. The van der Waals surface area contributed by atoms with Crippen LogP contribution in [0.4, 0.5) is 0 Å². The van der Waals surface area contributed by atoms with Crippen LogP contribution in [0, 0.1) is 0 Å². The Bertz CT molecular complexity index is 1080. The molecule has 1 unspecified atom stereocenters. The molecule has 1 saturated heterocycles. The van der Waals surface area contributed by atoms with Crippen LogP contribution in [0.2, 0.25) is 0 Å². The van der Waals surface area contributed by atoms with Gasteiger partial charge in [-0.2, -0.15) is 0 Å². The van der Waals surface area contributed by atoms with E-state index < -0.39 is 10.0 Å². The summed E-state index contributed by atoms with van der Waals surface area (Å²) < 4.78 is 27.9. The topological polar surface area (TPSA) is 79.4 Å². The molecule has 1 aliphatic heterocycles. The summed E-state index contributed by atoms with van der Waals surface area (Å²) in [5.74, 6) is -0.173. The van der Waals surface area contributed by atoms with E-state index in [2.05, 4.69) is 9.71 Å². The minimum atomic E-state index is -3.71. The number of rotatable bonds is 6. The lowest BCUT2D eigenvalue weighted by atomic mass is 10.1. The molecule has 1 atom stereocenters. The third-order valence-electron chi connectivity index (χ3n) is 4.95. The quantitative estimate of drug-likeness (QED) is 0.652. The Morgan fingerprint density at radius 1 is 1.17 bits per heavy atom. The molecule has 0 bridgehead atoms. The summed E-state index contributed by atoms with van der Waals surface area (Å²) in [6, 6.07) is 15.6. The van der Waals surface area contributed by atoms with Crippen LogP contribution in [-0.2, 0) is 16.6 Å². The van der Waals surface area contributed by atoms with Gasteiger partial charge in [0.15, 0.2) is 0 Å². The molecule has 0 radical (unpaired) electrons. The predicted octanol–water partition coefficient (Wildman–Crippen LogP) is 3.60. The third-order valence-corrected chi connectivity index (χ3v) is 7.23. The summed E-state index contributed by atoms with van der Waals surface area (Å²) in [4.78, 5) is 20.3. The van der Waals surface area contributed by atoms with Crippen LogP contribution in [0.15, 0.2) is 71.1 Å². The Morgan fingerprint density at radius 2 is 2.07 bits per heavy atom. The average molecular weight is 428 g/mol. The minimum Gasteiger partial charge on any atom is -0.330 e. The Kier molecular flexibility index (Phi) is 5.75. The first-order valence-electron chi connectivity index (χ1n) is 9.38. The first-order valence-corrected chi connectivity index (χ1v) is 11.7. The van der Waals surface area contributed by atoms with Crippen LogP contribution < -0.4 is 4.72 Å². The lowest BCUT2D eigenvalue weighted by Gasteiger charge is -2.24. The number of hydrogen-bond donors (Lipinski definition) is 1. The fraction of sp³-hybridized carbons (Fsp3) is 0.238. The van der Waals surface area contributed by atoms with E-state index in [9.17, 15) is 13.2 Å². The molecule has 1 N–H and O–H groups in total. The highest BCUT2D eigenvalue weighted by molar-refractivity contribution is 7.89. The van der Waals surface area contributed by atoms with Gasteiger partial charge in [0, 0.05) is 29.7 Å². The fourth-order valence-electron chi connectivity index (χ4n) is 3.52. The number of nitrogens with zero attached hydrogens (tertiary/aromatic N) is 2. The summed E-state index contributed by atoms with van der Waals surface area (Å²) in [7, 11) is -3.71. The summed E-state index contributed by atoms with van der Waals surface area (Å²) in [5, 5.41) is 1.90. The number of sulfonamides is 1. The normalized spacial score (nSPS) is 16.8. The molecule has 29 heavy (non-hydrogen) atoms. The number of pyridine rings is 1. The Morgan fingerprint density at radius 3 is 2.83 bits per heavy atom. The molecule has 1 amide bonds. The van der Waals surface area contributed by atoms with Gasteiger partial charge >= 0.3 is 0 Å². The highest BCUT2D eigenvalue weighted by Gasteiger charge is 2.31. The van der Waals surface area contributed by atoms with Crippen LogP contribution in [0.1, 0.15) is 39.8 Å².